The zero-order valence-corrected chi connectivity index (χ0v) is 12.1. The van der Waals surface area contributed by atoms with Crippen LogP contribution in [-0.4, -0.2) is 4.98 Å². The first-order chi connectivity index (χ1) is 9.22. The van der Waals surface area contributed by atoms with Crippen LogP contribution >= 0.6 is 22.9 Å². The Labute approximate surface area is 121 Å². The molecule has 3 rings (SSSR count). The number of nitrogens with zero attached hydrogens (tertiary/aromatic N) is 1. The summed E-state index contributed by atoms with van der Waals surface area (Å²) in [6, 6.07) is 14.0. The molecule has 1 heterocycles. The minimum atomic E-state index is 0.737. The van der Waals surface area contributed by atoms with Gasteiger partial charge in [0.25, 0.3) is 0 Å². The molecule has 3 aromatic rings. The summed E-state index contributed by atoms with van der Waals surface area (Å²) in [6.45, 7) is 2.83. The van der Waals surface area contributed by atoms with Crippen molar-refractivity contribution in [1.29, 1.82) is 0 Å². The number of benzene rings is 2. The first-order valence-corrected chi connectivity index (χ1v) is 7.26. The number of hydrogen-bond donors (Lipinski definition) is 1. The van der Waals surface area contributed by atoms with Crippen LogP contribution < -0.4 is 5.32 Å². The summed E-state index contributed by atoms with van der Waals surface area (Å²) in [5.41, 5.74) is 3.40. The molecule has 0 aliphatic rings. The number of anilines is 1. The van der Waals surface area contributed by atoms with Gasteiger partial charge in [-0.25, -0.2) is 4.98 Å². The molecule has 0 fully saturated rings. The highest BCUT2D eigenvalue weighted by molar-refractivity contribution is 7.18. The van der Waals surface area contributed by atoms with Gasteiger partial charge in [0.05, 0.1) is 16.8 Å². The Balaban J connectivity index is 1.78. The van der Waals surface area contributed by atoms with E-state index in [-0.39, 0.29) is 0 Å². The summed E-state index contributed by atoms with van der Waals surface area (Å²) in [4.78, 5) is 4.67. The van der Waals surface area contributed by atoms with Gasteiger partial charge in [0, 0.05) is 10.7 Å². The number of halogens is 1. The quantitative estimate of drug-likeness (QED) is 0.744. The smallest absolute Gasteiger partial charge is 0.113 e. The van der Waals surface area contributed by atoms with Crippen molar-refractivity contribution in [3.63, 3.8) is 0 Å². The molecule has 0 saturated carbocycles. The number of aromatic nitrogens is 1. The van der Waals surface area contributed by atoms with Gasteiger partial charge in [-0.05, 0) is 42.8 Å². The highest BCUT2D eigenvalue weighted by atomic mass is 35.5. The second-order valence-electron chi connectivity index (χ2n) is 4.39. The third kappa shape index (κ3) is 2.72. The molecule has 0 atom stereocenters. The molecule has 96 valence electrons. The van der Waals surface area contributed by atoms with Crippen molar-refractivity contribution in [2.75, 3.05) is 5.32 Å². The Morgan fingerprint density at radius 2 is 1.95 bits per heavy atom. The van der Waals surface area contributed by atoms with E-state index in [0.29, 0.717) is 0 Å². The molecule has 0 aliphatic carbocycles. The van der Waals surface area contributed by atoms with Crippen molar-refractivity contribution in [3.8, 4) is 0 Å². The van der Waals surface area contributed by atoms with Crippen LogP contribution in [0.2, 0.25) is 5.02 Å². The Hall–Kier alpha value is -1.58. The van der Waals surface area contributed by atoms with Gasteiger partial charge in [0.15, 0.2) is 0 Å². The first kappa shape index (κ1) is 12.5. The minimum Gasteiger partial charge on any atom is -0.379 e. The topological polar surface area (TPSA) is 24.9 Å². The third-order valence-corrected chi connectivity index (χ3v) is 4.23. The van der Waals surface area contributed by atoms with Crippen LogP contribution in [0.15, 0.2) is 42.5 Å². The van der Waals surface area contributed by atoms with Crippen LogP contribution in [0.4, 0.5) is 5.69 Å². The second-order valence-corrected chi connectivity index (χ2v) is 5.94. The number of hydrogen-bond acceptors (Lipinski definition) is 3. The van der Waals surface area contributed by atoms with Gasteiger partial charge < -0.3 is 5.32 Å². The van der Waals surface area contributed by atoms with Gasteiger partial charge in [0.1, 0.15) is 5.01 Å². The zero-order chi connectivity index (χ0) is 13.2. The number of rotatable bonds is 3. The van der Waals surface area contributed by atoms with Gasteiger partial charge >= 0.3 is 0 Å². The van der Waals surface area contributed by atoms with Crippen LogP contribution in [-0.2, 0) is 6.54 Å². The van der Waals surface area contributed by atoms with E-state index in [0.717, 1.165) is 27.8 Å². The van der Waals surface area contributed by atoms with Crippen LogP contribution in [0.3, 0.4) is 0 Å². The number of para-hydroxylation sites is 1. The van der Waals surface area contributed by atoms with Crippen molar-refractivity contribution in [2.24, 2.45) is 0 Å². The lowest BCUT2D eigenvalue weighted by Crippen LogP contribution is -1.98. The monoisotopic (exact) mass is 288 g/mol. The van der Waals surface area contributed by atoms with Crippen molar-refractivity contribution in [1.82, 2.24) is 4.98 Å². The second kappa shape index (κ2) is 5.19. The van der Waals surface area contributed by atoms with Crippen molar-refractivity contribution in [3.05, 3.63) is 58.1 Å². The van der Waals surface area contributed by atoms with Gasteiger partial charge in [0.2, 0.25) is 0 Å². The Morgan fingerprint density at radius 1 is 1.16 bits per heavy atom. The van der Waals surface area contributed by atoms with E-state index in [1.54, 1.807) is 11.3 Å². The van der Waals surface area contributed by atoms with E-state index in [4.69, 9.17) is 11.6 Å². The Kier molecular flexibility index (Phi) is 3.40. The van der Waals surface area contributed by atoms with Crippen LogP contribution in [0.25, 0.3) is 10.2 Å². The van der Waals surface area contributed by atoms with Crippen molar-refractivity contribution < 1.29 is 0 Å². The normalized spacial score (nSPS) is 10.8. The van der Waals surface area contributed by atoms with E-state index < -0.39 is 0 Å². The molecule has 1 aromatic heterocycles. The van der Waals surface area contributed by atoms with Gasteiger partial charge in [-0.1, -0.05) is 23.7 Å². The maximum absolute atomic E-state index is 5.86. The highest BCUT2D eigenvalue weighted by Gasteiger charge is 2.05. The molecule has 0 spiro atoms. The van der Waals surface area contributed by atoms with Crippen LogP contribution in [0.5, 0.6) is 0 Å². The molecule has 0 radical (unpaired) electrons. The lowest BCUT2D eigenvalue weighted by molar-refractivity contribution is 1.12. The third-order valence-electron chi connectivity index (χ3n) is 2.95. The standard InChI is InChI=1S/C15H13ClN2S/c1-10-3-2-4-13-15(10)18-14(19-13)9-17-12-7-5-11(16)6-8-12/h2-8,17H,9H2,1H3. The molecule has 0 bridgehead atoms. The first-order valence-electron chi connectivity index (χ1n) is 6.07. The van der Waals surface area contributed by atoms with Crippen molar-refractivity contribution >= 4 is 38.8 Å². The molecule has 0 unspecified atom stereocenters. The predicted octanol–water partition coefficient (Wildman–Crippen LogP) is 4.87. The fourth-order valence-corrected chi connectivity index (χ4v) is 3.06. The van der Waals surface area contributed by atoms with Gasteiger partial charge in [-0.2, -0.15) is 0 Å². The van der Waals surface area contributed by atoms with Crippen molar-refractivity contribution in [2.45, 2.75) is 13.5 Å². The van der Waals surface area contributed by atoms with Gasteiger partial charge in [-0.3, -0.25) is 0 Å². The summed E-state index contributed by atoms with van der Waals surface area (Å²) < 4.78 is 1.24. The van der Waals surface area contributed by atoms with Gasteiger partial charge in [-0.15, -0.1) is 11.3 Å². The summed E-state index contributed by atoms with van der Waals surface area (Å²) in [5.74, 6) is 0. The SMILES string of the molecule is Cc1cccc2sc(CNc3ccc(Cl)cc3)nc12. The average Bonchev–Trinajstić information content (AvgIpc) is 2.83. The Morgan fingerprint density at radius 3 is 2.68 bits per heavy atom. The lowest BCUT2D eigenvalue weighted by atomic mass is 10.2. The molecule has 19 heavy (non-hydrogen) atoms. The average molecular weight is 289 g/mol. The largest absolute Gasteiger partial charge is 0.379 e. The highest BCUT2D eigenvalue weighted by Crippen LogP contribution is 2.25. The molecule has 0 aliphatic heterocycles. The molecular weight excluding hydrogens is 276 g/mol. The summed E-state index contributed by atoms with van der Waals surface area (Å²) >= 11 is 7.60. The fourth-order valence-electron chi connectivity index (χ4n) is 1.95. The molecule has 4 heteroatoms. The Bertz CT molecular complexity index is 704. The maximum atomic E-state index is 5.86. The molecule has 2 aromatic carbocycles. The lowest BCUT2D eigenvalue weighted by Gasteiger charge is -2.03. The van der Waals surface area contributed by atoms with E-state index in [1.807, 2.05) is 24.3 Å². The number of thiazole rings is 1. The van der Waals surface area contributed by atoms with E-state index in [2.05, 4.69) is 35.4 Å². The fraction of sp³-hybridized carbons (Fsp3) is 0.133. The molecule has 0 saturated heterocycles. The predicted molar refractivity (Wildman–Crippen MR) is 83.1 cm³/mol. The van der Waals surface area contributed by atoms with Crippen LogP contribution in [0.1, 0.15) is 10.6 Å². The van der Waals surface area contributed by atoms with E-state index in [9.17, 15) is 0 Å². The van der Waals surface area contributed by atoms with E-state index >= 15 is 0 Å². The summed E-state index contributed by atoms with van der Waals surface area (Å²) in [5, 5.41) is 5.21. The summed E-state index contributed by atoms with van der Waals surface area (Å²) in [6.07, 6.45) is 0. The number of nitrogens with one attached hydrogen (secondary N) is 1. The maximum Gasteiger partial charge on any atom is 0.113 e. The zero-order valence-electron chi connectivity index (χ0n) is 10.5. The van der Waals surface area contributed by atoms with Crippen LogP contribution in [0, 0.1) is 6.92 Å². The summed E-state index contributed by atoms with van der Waals surface area (Å²) in [7, 11) is 0. The molecule has 2 nitrogen and oxygen atoms in total. The molecular formula is C15H13ClN2S. The molecule has 0 amide bonds. The minimum absolute atomic E-state index is 0.737. The number of aryl methyl sites for hydroxylation is 1. The van der Waals surface area contributed by atoms with E-state index in [1.165, 1.54) is 10.3 Å². The molecule has 1 N–H and O–H groups in total. The number of fused-ring (bicyclic) bond motifs is 1.